The monoisotopic (exact) mass is 328 g/mol. The van der Waals surface area contributed by atoms with Crippen molar-refractivity contribution in [2.75, 3.05) is 5.32 Å². The Morgan fingerprint density at radius 1 is 1.21 bits per heavy atom. The molecule has 1 N–H and O–H groups in total. The van der Waals surface area contributed by atoms with Crippen molar-refractivity contribution in [2.45, 2.75) is 20.3 Å². The topological polar surface area (TPSA) is 98.5 Å². The zero-order chi connectivity index (χ0) is 17.7. The van der Waals surface area contributed by atoms with E-state index in [0.717, 1.165) is 0 Å². The van der Waals surface area contributed by atoms with E-state index < -0.39 is 10.8 Å². The molecule has 124 valence electrons. The van der Waals surface area contributed by atoms with Gasteiger partial charge in [-0.2, -0.15) is 0 Å². The van der Waals surface area contributed by atoms with Gasteiger partial charge in [0.1, 0.15) is 5.75 Å². The van der Waals surface area contributed by atoms with Gasteiger partial charge in [-0.05, 0) is 31.2 Å². The molecule has 0 atom stereocenters. The average Bonchev–Trinajstić information content (AvgIpc) is 2.54. The van der Waals surface area contributed by atoms with Gasteiger partial charge in [-0.1, -0.05) is 13.0 Å². The number of esters is 1. The van der Waals surface area contributed by atoms with Gasteiger partial charge in [0.25, 0.3) is 11.6 Å². The summed E-state index contributed by atoms with van der Waals surface area (Å²) in [7, 11) is 0. The molecule has 2 aromatic rings. The van der Waals surface area contributed by atoms with Gasteiger partial charge < -0.3 is 10.1 Å². The largest absolute Gasteiger partial charge is 0.426 e. The number of hydrogen-bond acceptors (Lipinski definition) is 5. The van der Waals surface area contributed by atoms with Crippen LogP contribution in [-0.2, 0) is 4.79 Å². The summed E-state index contributed by atoms with van der Waals surface area (Å²) in [6.45, 7) is 3.25. The summed E-state index contributed by atoms with van der Waals surface area (Å²) in [4.78, 5) is 33.9. The minimum atomic E-state index is -0.497. The third-order valence-electron chi connectivity index (χ3n) is 3.27. The van der Waals surface area contributed by atoms with Gasteiger partial charge in [0.2, 0.25) is 0 Å². The molecule has 2 rings (SSSR count). The number of hydrogen-bond donors (Lipinski definition) is 1. The van der Waals surface area contributed by atoms with Crippen LogP contribution in [-0.4, -0.2) is 16.8 Å². The quantitative estimate of drug-likeness (QED) is 0.392. The minimum Gasteiger partial charge on any atom is -0.426 e. The molecule has 0 unspecified atom stereocenters. The summed E-state index contributed by atoms with van der Waals surface area (Å²) >= 11 is 0. The van der Waals surface area contributed by atoms with Crippen LogP contribution in [0.3, 0.4) is 0 Å². The number of carbonyl (C=O) groups is 2. The van der Waals surface area contributed by atoms with Crippen LogP contribution in [0.4, 0.5) is 11.4 Å². The highest BCUT2D eigenvalue weighted by atomic mass is 16.6. The summed E-state index contributed by atoms with van der Waals surface area (Å²) in [5, 5.41) is 13.5. The Bertz CT molecular complexity index is 801. The van der Waals surface area contributed by atoms with E-state index in [-0.39, 0.29) is 18.1 Å². The molecule has 0 fully saturated rings. The molecule has 0 spiro atoms. The number of nitrogens with one attached hydrogen (secondary N) is 1. The maximum absolute atomic E-state index is 12.2. The van der Waals surface area contributed by atoms with E-state index in [4.69, 9.17) is 4.74 Å². The van der Waals surface area contributed by atoms with Crippen LogP contribution in [0.5, 0.6) is 5.75 Å². The fourth-order valence-corrected chi connectivity index (χ4v) is 2.05. The van der Waals surface area contributed by atoms with E-state index in [9.17, 15) is 19.7 Å². The number of nitrogens with zero attached hydrogens (tertiary/aromatic N) is 1. The zero-order valence-corrected chi connectivity index (χ0v) is 13.2. The number of nitro groups is 1. The second-order valence-electron chi connectivity index (χ2n) is 5.07. The van der Waals surface area contributed by atoms with E-state index >= 15 is 0 Å². The summed E-state index contributed by atoms with van der Waals surface area (Å²) in [6.07, 6.45) is 0.249. The van der Waals surface area contributed by atoms with Gasteiger partial charge in [0.05, 0.1) is 4.92 Å². The van der Waals surface area contributed by atoms with Gasteiger partial charge in [-0.25, -0.2) is 0 Å². The predicted octanol–water partition coefficient (Wildman–Crippen LogP) is 3.47. The van der Waals surface area contributed by atoms with E-state index in [2.05, 4.69) is 5.32 Å². The molecular weight excluding hydrogens is 312 g/mol. The second kappa shape index (κ2) is 7.36. The Balaban J connectivity index is 2.15. The van der Waals surface area contributed by atoms with Gasteiger partial charge >= 0.3 is 5.97 Å². The lowest BCUT2D eigenvalue weighted by molar-refractivity contribution is -0.385. The van der Waals surface area contributed by atoms with E-state index in [1.165, 1.54) is 24.3 Å². The molecule has 7 nitrogen and oxygen atoms in total. The zero-order valence-electron chi connectivity index (χ0n) is 13.2. The first kappa shape index (κ1) is 17.1. The first-order valence-corrected chi connectivity index (χ1v) is 7.28. The van der Waals surface area contributed by atoms with Crippen molar-refractivity contribution in [3.63, 3.8) is 0 Å². The van der Waals surface area contributed by atoms with Crippen molar-refractivity contribution in [2.24, 2.45) is 0 Å². The molecular formula is C17H16N2O5. The third kappa shape index (κ3) is 4.16. The van der Waals surface area contributed by atoms with Crippen molar-refractivity contribution in [1.82, 2.24) is 0 Å². The van der Waals surface area contributed by atoms with Crippen LogP contribution >= 0.6 is 0 Å². The van der Waals surface area contributed by atoms with Crippen molar-refractivity contribution in [3.8, 4) is 5.75 Å². The Morgan fingerprint density at radius 3 is 2.58 bits per heavy atom. The van der Waals surface area contributed by atoms with E-state index in [0.29, 0.717) is 22.6 Å². The third-order valence-corrected chi connectivity index (χ3v) is 3.27. The normalized spacial score (nSPS) is 10.1. The molecule has 0 heterocycles. The van der Waals surface area contributed by atoms with Crippen LogP contribution in [0.1, 0.15) is 29.3 Å². The fraction of sp³-hybridized carbons (Fsp3) is 0.176. The molecule has 0 radical (unpaired) electrons. The van der Waals surface area contributed by atoms with Crippen LogP contribution in [0.25, 0.3) is 0 Å². The standard InChI is InChI=1S/C17H16N2O5/c1-3-16(20)24-14-6-4-5-13(10-14)18-17(21)12-7-8-15(19(22)23)11(2)9-12/h4-10H,3H2,1-2H3,(H,18,21). The predicted molar refractivity (Wildman–Crippen MR) is 88.2 cm³/mol. The Hall–Kier alpha value is -3.22. The molecule has 2 aromatic carbocycles. The average molecular weight is 328 g/mol. The smallest absolute Gasteiger partial charge is 0.310 e. The number of aryl methyl sites for hydroxylation is 1. The lowest BCUT2D eigenvalue weighted by Gasteiger charge is -2.08. The van der Waals surface area contributed by atoms with E-state index in [1.54, 1.807) is 32.0 Å². The lowest BCUT2D eigenvalue weighted by atomic mass is 10.1. The van der Waals surface area contributed by atoms with Crippen molar-refractivity contribution in [3.05, 3.63) is 63.7 Å². The number of nitro benzene ring substituents is 1. The highest BCUT2D eigenvalue weighted by Gasteiger charge is 2.14. The highest BCUT2D eigenvalue weighted by molar-refractivity contribution is 6.04. The fourth-order valence-electron chi connectivity index (χ4n) is 2.05. The summed E-state index contributed by atoms with van der Waals surface area (Å²) in [6, 6.07) is 10.6. The van der Waals surface area contributed by atoms with Crippen molar-refractivity contribution in [1.29, 1.82) is 0 Å². The number of carbonyl (C=O) groups excluding carboxylic acids is 2. The molecule has 0 bridgehead atoms. The van der Waals surface area contributed by atoms with Crippen LogP contribution < -0.4 is 10.1 Å². The SMILES string of the molecule is CCC(=O)Oc1cccc(NC(=O)c2ccc([N+](=O)[O-])c(C)c2)c1. The molecule has 0 aliphatic carbocycles. The van der Waals surface area contributed by atoms with Gasteiger partial charge in [0, 0.05) is 35.4 Å². The maximum Gasteiger partial charge on any atom is 0.310 e. The number of anilines is 1. The number of amides is 1. The molecule has 0 aliphatic heterocycles. The first-order chi connectivity index (χ1) is 11.4. The number of rotatable bonds is 5. The van der Waals surface area contributed by atoms with Crippen molar-refractivity contribution >= 4 is 23.3 Å². The Morgan fingerprint density at radius 2 is 1.96 bits per heavy atom. The van der Waals surface area contributed by atoms with Gasteiger partial charge in [-0.3, -0.25) is 19.7 Å². The van der Waals surface area contributed by atoms with Gasteiger partial charge in [-0.15, -0.1) is 0 Å². The maximum atomic E-state index is 12.2. The van der Waals surface area contributed by atoms with Crippen LogP contribution in [0, 0.1) is 17.0 Å². The van der Waals surface area contributed by atoms with Gasteiger partial charge in [0.15, 0.2) is 0 Å². The minimum absolute atomic E-state index is 0.0416. The molecule has 1 amide bonds. The molecule has 0 saturated heterocycles. The number of benzene rings is 2. The number of ether oxygens (including phenoxy) is 1. The summed E-state index contributed by atoms with van der Waals surface area (Å²) < 4.78 is 5.09. The van der Waals surface area contributed by atoms with Crippen LogP contribution in [0.2, 0.25) is 0 Å². The molecule has 7 heteroatoms. The second-order valence-corrected chi connectivity index (χ2v) is 5.07. The Labute approximate surface area is 138 Å². The molecule has 0 aromatic heterocycles. The summed E-state index contributed by atoms with van der Waals surface area (Å²) in [5.74, 6) is -0.448. The summed E-state index contributed by atoms with van der Waals surface area (Å²) in [5.41, 5.74) is 1.12. The molecule has 0 saturated carbocycles. The Kier molecular flexibility index (Phi) is 5.26. The van der Waals surface area contributed by atoms with E-state index in [1.807, 2.05) is 0 Å². The van der Waals surface area contributed by atoms with Crippen molar-refractivity contribution < 1.29 is 19.2 Å². The molecule has 0 aliphatic rings. The highest BCUT2D eigenvalue weighted by Crippen LogP contribution is 2.21. The lowest BCUT2D eigenvalue weighted by Crippen LogP contribution is -2.12. The molecule has 24 heavy (non-hydrogen) atoms. The van der Waals surface area contributed by atoms with Crippen LogP contribution in [0.15, 0.2) is 42.5 Å². The first-order valence-electron chi connectivity index (χ1n) is 7.28.